The molecule has 0 heterocycles. The molecule has 10 heteroatoms. The first-order valence-electron chi connectivity index (χ1n) is 4.64. The van der Waals surface area contributed by atoms with Gasteiger partial charge < -0.3 is 0 Å². The summed E-state index contributed by atoms with van der Waals surface area (Å²) in [6.07, 6.45) is 0.0224. The van der Waals surface area contributed by atoms with Crippen molar-refractivity contribution in [3.05, 3.63) is 0 Å². The maximum atomic E-state index is 9.52. The second kappa shape index (κ2) is 7.95. The molecule has 0 atom stereocenters. The maximum absolute atomic E-state index is 9.52. The van der Waals surface area contributed by atoms with Gasteiger partial charge in [0.05, 0.1) is 18.9 Å². The average molecular weight is 451 g/mol. The minimum absolute atomic E-state index is 0.0112. The van der Waals surface area contributed by atoms with E-state index < -0.39 is 18.0 Å². The Bertz CT molecular complexity index is 245. The van der Waals surface area contributed by atoms with Crippen molar-refractivity contribution in [1.82, 2.24) is 0 Å². The van der Waals surface area contributed by atoms with Crippen molar-refractivity contribution >= 4 is 53.5 Å². The molecule has 0 aliphatic heterocycles. The van der Waals surface area contributed by atoms with Crippen LogP contribution in [-0.4, -0.2) is 23.4 Å². The molecule has 17 heavy (non-hydrogen) atoms. The van der Waals surface area contributed by atoms with Gasteiger partial charge in [-0.05, 0) is 27.7 Å². The molecule has 0 saturated heterocycles. The van der Waals surface area contributed by atoms with Crippen LogP contribution >= 0.6 is 53.5 Å². The summed E-state index contributed by atoms with van der Waals surface area (Å²) in [5.74, 6) is 0. The van der Waals surface area contributed by atoms with E-state index in [2.05, 4.69) is 0 Å². The Kier molecular flexibility index (Phi) is 10.1. The van der Waals surface area contributed by atoms with Crippen LogP contribution in [0, 0.1) is 0 Å². The molecule has 0 aliphatic rings. The van der Waals surface area contributed by atoms with E-state index >= 15 is 0 Å². The van der Waals surface area contributed by atoms with Crippen molar-refractivity contribution in [2.24, 2.45) is 0 Å². The van der Waals surface area contributed by atoms with Gasteiger partial charge in [-0.1, -0.05) is 0 Å². The Morgan fingerprint density at radius 3 is 1.18 bits per heavy atom. The number of hydrogen-bond donors (Lipinski definition) is 0. The van der Waals surface area contributed by atoms with Gasteiger partial charge in [-0.3, -0.25) is 13.6 Å². The van der Waals surface area contributed by atoms with E-state index in [0.717, 1.165) is 0 Å². The van der Waals surface area contributed by atoms with E-state index in [-0.39, 0.29) is 12.2 Å². The summed E-state index contributed by atoms with van der Waals surface area (Å²) in [6, 6.07) is 0. The van der Waals surface area contributed by atoms with Gasteiger partial charge in [0.15, 0.2) is 0 Å². The molecule has 0 fully saturated rings. The standard InChI is InChI=1S/C7H17O3P.5ClH.Nb/c1-6(2)9-11(5,8)10-7(3)4;;;;;;/h6-7H,1-5H3;5*1H;/q;;;;;;+5/p-4. The van der Waals surface area contributed by atoms with Gasteiger partial charge in [-0.2, -0.15) is 0 Å². The first-order valence-corrected chi connectivity index (χ1v) is 20.8. The second-order valence-corrected chi connectivity index (χ2v) is 39.2. The molecule has 0 aromatic rings. The molecule has 0 amide bonds. The number of halogens is 5. The first-order chi connectivity index (χ1) is 7.07. The fraction of sp³-hybridized carbons (Fsp3) is 1.00. The second-order valence-electron chi connectivity index (χ2n) is 3.75. The quantitative estimate of drug-likeness (QED) is 0.297. The molecular formula is C7H18Cl5NbO3P+. The van der Waals surface area contributed by atoms with Crippen LogP contribution in [0.5, 0.6) is 0 Å². The SMILES string of the molecule is CC(C)OP(C)(=[OH+])OC(C)C.[Cl][Nb]([Cl])([Cl])([Cl])[Cl]. The predicted octanol–water partition coefficient (Wildman–Crippen LogP) is 6.05. The van der Waals surface area contributed by atoms with Crippen molar-refractivity contribution in [1.29, 1.82) is 0 Å². The van der Waals surface area contributed by atoms with Gasteiger partial charge in [0.2, 0.25) is 0 Å². The van der Waals surface area contributed by atoms with Crippen LogP contribution in [-0.2, 0) is 19.5 Å². The molecular weight excluding hydrogens is 433 g/mol. The van der Waals surface area contributed by atoms with E-state index in [9.17, 15) is 4.57 Å². The molecule has 108 valence electrons. The van der Waals surface area contributed by atoms with Crippen LogP contribution in [0.2, 0.25) is 0 Å². The summed E-state index contributed by atoms with van der Waals surface area (Å²) in [7, 11) is 18.4. The summed E-state index contributed by atoms with van der Waals surface area (Å²) in [6.45, 7) is 9.10. The average Bonchev–Trinajstić information content (AvgIpc) is 1.70. The Morgan fingerprint density at radius 1 is 0.882 bits per heavy atom. The van der Waals surface area contributed by atoms with E-state index in [1.165, 1.54) is 0 Å². The fourth-order valence-electron chi connectivity index (χ4n) is 0.807. The van der Waals surface area contributed by atoms with Gasteiger partial charge in [0, 0.05) is 0 Å². The van der Waals surface area contributed by atoms with Crippen molar-refractivity contribution in [3.8, 4) is 0 Å². The van der Waals surface area contributed by atoms with Crippen LogP contribution in [0.1, 0.15) is 27.7 Å². The summed E-state index contributed by atoms with van der Waals surface area (Å²) >= 11 is 0. The zero-order chi connectivity index (χ0) is 14.5. The monoisotopic (exact) mass is 449 g/mol. The fourth-order valence-corrected chi connectivity index (χ4v) is 2.42. The van der Waals surface area contributed by atoms with E-state index in [0.29, 0.717) is 0 Å². The Balaban J connectivity index is 0. The van der Waals surface area contributed by atoms with Gasteiger partial charge in [0.25, 0.3) is 0 Å². The third-order valence-electron chi connectivity index (χ3n) is 0.813. The van der Waals surface area contributed by atoms with Crippen LogP contribution < -0.4 is 0 Å². The normalized spacial score (nSPS) is 15.2. The molecule has 1 N–H and O–H groups in total. The molecule has 0 aliphatic carbocycles. The Hall–Kier alpha value is 2.34. The first kappa shape index (κ1) is 21.6. The third kappa shape index (κ3) is 32.2. The Morgan fingerprint density at radius 2 is 1.06 bits per heavy atom. The van der Waals surface area contributed by atoms with Gasteiger partial charge in [-0.15, -0.1) is 0 Å². The van der Waals surface area contributed by atoms with Crippen LogP contribution in [0.25, 0.3) is 0 Å². The molecule has 0 unspecified atom stereocenters. The van der Waals surface area contributed by atoms with Gasteiger partial charge in [-0.25, -0.2) is 0 Å². The van der Waals surface area contributed by atoms with Crippen LogP contribution in [0.15, 0.2) is 0 Å². The topological polar surface area (TPSA) is 39.9 Å². The molecule has 0 radical (unpaired) electrons. The third-order valence-corrected chi connectivity index (χ3v) is 2.44. The molecule has 0 bridgehead atoms. The van der Waals surface area contributed by atoms with Crippen molar-refractivity contribution < 1.29 is 24.0 Å². The summed E-state index contributed by atoms with van der Waals surface area (Å²) in [5, 5.41) is 0. The van der Waals surface area contributed by atoms with Crippen LogP contribution in [0.4, 0.5) is 0 Å². The zero-order valence-corrected chi connectivity index (χ0v) is 17.1. The molecule has 0 aromatic heterocycles. The van der Waals surface area contributed by atoms with Crippen LogP contribution in [0.3, 0.4) is 0 Å². The van der Waals surface area contributed by atoms with Crippen molar-refractivity contribution in [2.45, 2.75) is 39.9 Å². The molecule has 3 nitrogen and oxygen atoms in total. The zero-order valence-electron chi connectivity index (χ0n) is 10.2. The number of rotatable bonds is 4. The molecule has 0 aromatic carbocycles. The minimum atomic E-state index is -4.33. The summed E-state index contributed by atoms with van der Waals surface area (Å²) in [4.78, 5) is 0. The van der Waals surface area contributed by atoms with Gasteiger partial charge in [0.1, 0.15) is 0 Å². The molecule has 0 saturated carbocycles. The summed E-state index contributed by atoms with van der Waals surface area (Å²) in [5.41, 5.74) is 0. The number of hydrogen-bond acceptors (Lipinski definition) is 2. The predicted molar refractivity (Wildman–Crippen MR) is 76.5 cm³/mol. The van der Waals surface area contributed by atoms with Gasteiger partial charge >= 0.3 is 64.0 Å². The van der Waals surface area contributed by atoms with E-state index in [4.69, 9.17) is 55.0 Å². The Labute approximate surface area is 123 Å². The molecule has 0 rings (SSSR count). The van der Waals surface area contributed by atoms with E-state index in [1.54, 1.807) is 6.66 Å². The van der Waals surface area contributed by atoms with Crippen molar-refractivity contribution in [2.75, 3.05) is 6.66 Å². The van der Waals surface area contributed by atoms with E-state index in [1.807, 2.05) is 27.7 Å². The molecule has 0 spiro atoms. The summed E-state index contributed by atoms with van der Waals surface area (Å²) < 4.78 is 19.9. The van der Waals surface area contributed by atoms with Crippen molar-refractivity contribution in [3.63, 3.8) is 0 Å².